The lowest BCUT2D eigenvalue weighted by Gasteiger charge is -2.30. The molecule has 1 saturated carbocycles. The molecule has 122 valence electrons. The average Bonchev–Trinajstić information content (AvgIpc) is 2.58. The monoisotopic (exact) mass is 332 g/mol. The molecule has 0 spiro atoms. The van der Waals surface area contributed by atoms with Crippen LogP contribution >= 0.6 is 11.8 Å². The second-order valence-corrected chi connectivity index (χ2v) is 6.76. The number of nitriles is 1. The van der Waals surface area contributed by atoms with E-state index in [0.717, 1.165) is 36.3 Å². The standard InChI is InChI=1S/C17H20N2O3S/c18-8-9-19-16(20)15-7-2-1-4-13(15)11-23-14-6-3-5-12(10-14)17(21)22/h3,5-6,10,13,15H,1-2,4,7,9,11H2,(H,19,20)(H,21,22)/t13-,15+/m1/s1. The number of carbonyl (C=O) groups excluding carboxylic acids is 1. The number of hydrogen-bond acceptors (Lipinski definition) is 4. The Labute approximate surface area is 140 Å². The second kappa shape index (κ2) is 8.59. The Balaban J connectivity index is 1.97. The fraction of sp³-hybridized carbons (Fsp3) is 0.471. The van der Waals surface area contributed by atoms with E-state index in [1.165, 1.54) is 0 Å². The number of thioether (sulfide) groups is 1. The maximum Gasteiger partial charge on any atom is 0.335 e. The molecule has 2 atom stereocenters. The molecule has 0 heterocycles. The van der Waals surface area contributed by atoms with Crippen LogP contribution in [0.1, 0.15) is 36.0 Å². The van der Waals surface area contributed by atoms with E-state index in [1.54, 1.807) is 30.0 Å². The predicted molar refractivity (Wildman–Crippen MR) is 88.2 cm³/mol. The average molecular weight is 332 g/mol. The summed E-state index contributed by atoms with van der Waals surface area (Å²) in [6, 6.07) is 8.81. The Morgan fingerprint density at radius 3 is 2.87 bits per heavy atom. The number of carboxylic acid groups (broad SMARTS) is 1. The lowest BCUT2D eigenvalue weighted by atomic mass is 9.80. The highest BCUT2D eigenvalue weighted by atomic mass is 32.2. The minimum Gasteiger partial charge on any atom is -0.478 e. The molecule has 0 unspecified atom stereocenters. The van der Waals surface area contributed by atoms with Gasteiger partial charge in [0, 0.05) is 16.6 Å². The summed E-state index contributed by atoms with van der Waals surface area (Å²) in [5.74, 6) is 0.0384. The molecule has 0 saturated heterocycles. The molecule has 1 amide bonds. The molecular formula is C17H20N2O3S. The molecule has 2 N–H and O–H groups in total. The Morgan fingerprint density at radius 1 is 1.35 bits per heavy atom. The fourth-order valence-corrected chi connectivity index (χ4v) is 4.12. The number of nitrogens with one attached hydrogen (secondary N) is 1. The molecular weight excluding hydrogens is 312 g/mol. The summed E-state index contributed by atoms with van der Waals surface area (Å²) in [7, 11) is 0. The smallest absolute Gasteiger partial charge is 0.335 e. The second-order valence-electron chi connectivity index (χ2n) is 5.67. The van der Waals surface area contributed by atoms with Crippen molar-refractivity contribution in [3.05, 3.63) is 29.8 Å². The van der Waals surface area contributed by atoms with Gasteiger partial charge in [-0.25, -0.2) is 4.79 Å². The van der Waals surface area contributed by atoms with Crippen LogP contribution in [0, 0.1) is 23.2 Å². The zero-order valence-corrected chi connectivity index (χ0v) is 13.6. The molecule has 0 radical (unpaired) electrons. The Hall–Kier alpha value is -2.00. The zero-order valence-electron chi connectivity index (χ0n) is 12.8. The molecule has 2 rings (SSSR count). The highest BCUT2D eigenvalue weighted by molar-refractivity contribution is 7.99. The number of amides is 1. The number of benzene rings is 1. The van der Waals surface area contributed by atoms with Crippen molar-refractivity contribution in [2.45, 2.75) is 30.6 Å². The highest BCUT2D eigenvalue weighted by Crippen LogP contribution is 2.34. The van der Waals surface area contributed by atoms with Gasteiger partial charge < -0.3 is 10.4 Å². The van der Waals surface area contributed by atoms with Gasteiger partial charge >= 0.3 is 5.97 Å². The molecule has 1 aromatic rings. The molecule has 1 aliphatic rings. The maximum absolute atomic E-state index is 12.2. The first-order valence-electron chi connectivity index (χ1n) is 7.72. The summed E-state index contributed by atoms with van der Waals surface area (Å²) in [5.41, 5.74) is 0.280. The minimum absolute atomic E-state index is 0.0314. The summed E-state index contributed by atoms with van der Waals surface area (Å²) < 4.78 is 0. The van der Waals surface area contributed by atoms with Crippen molar-refractivity contribution < 1.29 is 14.7 Å². The topological polar surface area (TPSA) is 90.2 Å². The van der Waals surface area contributed by atoms with Crippen molar-refractivity contribution >= 4 is 23.6 Å². The van der Waals surface area contributed by atoms with E-state index >= 15 is 0 Å². The molecule has 0 aromatic heterocycles. The number of aromatic carboxylic acids is 1. The molecule has 6 heteroatoms. The van der Waals surface area contributed by atoms with Gasteiger partial charge in [-0.05, 0) is 37.0 Å². The number of nitrogens with zero attached hydrogens (tertiary/aromatic N) is 1. The van der Waals surface area contributed by atoms with Gasteiger partial charge in [0.15, 0.2) is 0 Å². The van der Waals surface area contributed by atoms with Crippen LogP contribution in [0.25, 0.3) is 0 Å². The third kappa shape index (κ3) is 5.00. The van der Waals surface area contributed by atoms with Crippen LogP contribution in [0.4, 0.5) is 0 Å². The molecule has 1 aliphatic carbocycles. The van der Waals surface area contributed by atoms with E-state index in [1.807, 2.05) is 12.1 Å². The fourth-order valence-electron chi connectivity index (χ4n) is 2.93. The van der Waals surface area contributed by atoms with Gasteiger partial charge in [-0.15, -0.1) is 11.8 Å². The first kappa shape index (κ1) is 17.4. The van der Waals surface area contributed by atoms with Crippen molar-refractivity contribution in [2.24, 2.45) is 11.8 Å². The van der Waals surface area contributed by atoms with Gasteiger partial charge in [0.25, 0.3) is 0 Å². The van der Waals surface area contributed by atoms with E-state index in [9.17, 15) is 9.59 Å². The van der Waals surface area contributed by atoms with Gasteiger partial charge in [0.2, 0.25) is 5.91 Å². The Kier molecular flexibility index (Phi) is 6.48. The lowest BCUT2D eigenvalue weighted by Crippen LogP contribution is -2.37. The number of rotatable bonds is 6. The van der Waals surface area contributed by atoms with Crippen molar-refractivity contribution in [3.63, 3.8) is 0 Å². The van der Waals surface area contributed by atoms with E-state index in [-0.39, 0.29) is 29.9 Å². The predicted octanol–water partition coefficient (Wildman–Crippen LogP) is 2.92. The van der Waals surface area contributed by atoms with Crippen LogP contribution in [0.15, 0.2) is 29.2 Å². The third-order valence-corrected chi connectivity index (χ3v) is 5.31. The van der Waals surface area contributed by atoms with Gasteiger partial charge in [0.1, 0.15) is 6.54 Å². The van der Waals surface area contributed by atoms with E-state index in [4.69, 9.17) is 10.4 Å². The van der Waals surface area contributed by atoms with Crippen LogP contribution in [0.5, 0.6) is 0 Å². The van der Waals surface area contributed by atoms with Crippen LogP contribution < -0.4 is 5.32 Å². The summed E-state index contributed by atoms with van der Waals surface area (Å²) in [6.07, 6.45) is 4.01. The first-order valence-corrected chi connectivity index (χ1v) is 8.71. The molecule has 1 fully saturated rings. The summed E-state index contributed by atoms with van der Waals surface area (Å²) in [6.45, 7) is 0.0514. The molecule has 0 bridgehead atoms. The number of carboxylic acids is 1. The minimum atomic E-state index is -0.932. The Morgan fingerprint density at radius 2 is 2.13 bits per heavy atom. The SMILES string of the molecule is N#CCNC(=O)[C@H]1CCCC[C@@H]1CSc1cccc(C(=O)O)c1. The zero-order chi connectivity index (χ0) is 16.7. The van der Waals surface area contributed by atoms with Gasteiger partial charge in [-0.3, -0.25) is 4.79 Å². The van der Waals surface area contributed by atoms with Crippen molar-refractivity contribution in [1.29, 1.82) is 5.26 Å². The van der Waals surface area contributed by atoms with E-state index in [0.29, 0.717) is 0 Å². The number of carbonyl (C=O) groups is 2. The highest BCUT2D eigenvalue weighted by Gasteiger charge is 2.30. The van der Waals surface area contributed by atoms with Crippen LogP contribution in [0.3, 0.4) is 0 Å². The first-order chi connectivity index (χ1) is 11.1. The summed E-state index contributed by atoms with van der Waals surface area (Å²) >= 11 is 1.60. The molecule has 0 aliphatic heterocycles. The van der Waals surface area contributed by atoms with Crippen molar-refractivity contribution in [1.82, 2.24) is 5.32 Å². The van der Waals surface area contributed by atoms with Crippen molar-refractivity contribution in [3.8, 4) is 6.07 Å². The Bertz CT molecular complexity index is 612. The number of hydrogen-bond donors (Lipinski definition) is 2. The summed E-state index contributed by atoms with van der Waals surface area (Å²) in [5, 5.41) is 20.3. The van der Waals surface area contributed by atoms with Crippen LogP contribution in [-0.4, -0.2) is 29.3 Å². The van der Waals surface area contributed by atoms with E-state index < -0.39 is 5.97 Å². The van der Waals surface area contributed by atoms with Gasteiger partial charge in [0.05, 0.1) is 11.6 Å². The molecule has 23 heavy (non-hydrogen) atoms. The summed E-state index contributed by atoms with van der Waals surface area (Å²) in [4.78, 5) is 24.1. The van der Waals surface area contributed by atoms with E-state index in [2.05, 4.69) is 5.32 Å². The normalized spacial score (nSPS) is 20.5. The molecule has 1 aromatic carbocycles. The third-order valence-electron chi connectivity index (χ3n) is 4.13. The van der Waals surface area contributed by atoms with Gasteiger partial charge in [-0.1, -0.05) is 18.9 Å². The largest absolute Gasteiger partial charge is 0.478 e. The quantitative estimate of drug-likeness (QED) is 0.617. The van der Waals surface area contributed by atoms with Crippen molar-refractivity contribution in [2.75, 3.05) is 12.3 Å². The van der Waals surface area contributed by atoms with Crippen LogP contribution in [0.2, 0.25) is 0 Å². The van der Waals surface area contributed by atoms with Gasteiger partial charge in [-0.2, -0.15) is 5.26 Å². The maximum atomic E-state index is 12.2. The molecule has 5 nitrogen and oxygen atoms in total. The lowest BCUT2D eigenvalue weighted by molar-refractivity contribution is -0.127. The van der Waals surface area contributed by atoms with Crippen LogP contribution in [-0.2, 0) is 4.79 Å².